The molecule has 0 radical (unpaired) electrons. The number of hydrogen-bond donors (Lipinski definition) is 0. The number of likely N-dealkylation sites (tertiary alicyclic amines) is 1. The smallest absolute Gasteiger partial charge is 0.310 e. The van der Waals surface area contributed by atoms with E-state index in [-0.39, 0.29) is 17.8 Å². The number of carbonyl (C=O) groups excluding carboxylic acids is 1. The van der Waals surface area contributed by atoms with Crippen molar-refractivity contribution >= 4 is 5.97 Å². The van der Waals surface area contributed by atoms with Crippen molar-refractivity contribution in [2.75, 3.05) is 19.7 Å². The molecule has 120 valence electrons. The zero-order valence-corrected chi connectivity index (χ0v) is 13.5. The maximum Gasteiger partial charge on any atom is 0.310 e. The number of nitrogens with zero attached hydrogens (tertiary/aromatic N) is 1. The SMILES string of the molecule is CCOC(=O)[C@H]1CN(Cc2ccccc2)C[C@@H]1c1ccccc1. The van der Waals surface area contributed by atoms with Crippen molar-refractivity contribution in [2.45, 2.75) is 19.4 Å². The fourth-order valence-electron chi connectivity index (χ4n) is 3.38. The Morgan fingerprint density at radius 1 is 1.04 bits per heavy atom. The lowest BCUT2D eigenvalue weighted by atomic mass is 9.89. The zero-order chi connectivity index (χ0) is 16.1. The van der Waals surface area contributed by atoms with Crippen molar-refractivity contribution in [1.82, 2.24) is 4.90 Å². The van der Waals surface area contributed by atoms with E-state index in [9.17, 15) is 4.79 Å². The summed E-state index contributed by atoms with van der Waals surface area (Å²) >= 11 is 0. The third kappa shape index (κ3) is 3.80. The molecular formula is C20H23NO2. The van der Waals surface area contributed by atoms with Gasteiger partial charge in [-0.05, 0) is 18.1 Å². The minimum absolute atomic E-state index is 0.0723. The predicted octanol–water partition coefficient (Wildman–Crippen LogP) is 3.47. The molecule has 0 unspecified atom stereocenters. The molecule has 0 N–H and O–H groups in total. The van der Waals surface area contributed by atoms with Crippen molar-refractivity contribution in [2.24, 2.45) is 5.92 Å². The molecule has 1 saturated heterocycles. The van der Waals surface area contributed by atoms with Crippen LogP contribution < -0.4 is 0 Å². The van der Waals surface area contributed by atoms with Crippen LogP contribution in [-0.2, 0) is 16.1 Å². The van der Waals surface area contributed by atoms with Crippen LogP contribution in [0.2, 0.25) is 0 Å². The number of hydrogen-bond acceptors (Lipinski definition) is 3. The second-order valence-corrected chi connectivity index (χ2v) is 6.06. The molecule has 2 aromatic carbocycles. The Kier molecular flexibility index (Phi) is 5.09. The number of rotatable bonds is 5. The number of benzene rings is 2. The largest absolute Gasteiger partial charge is 0.466 e. The zero-order valence-electron chi connectivity index (χ0n) is 13.5. The lowest BCUT2D eigenvalue weighted by molar-refractivity contribution is -0.148. The standard InChI is InChI=1S/C20H23NO2/c1-2-23-20(22)19-15-21(13-16-9-5-3-6-10-16)14-18(19)17-11-7-4-8-12-17/h3-12,18-19H,2,13-15H2,1H3/t18-,19+/m1/s1. The maximum absolute atomic E-state index is 12.4. The van der Waals surface area contributed by atoms with Crippen LogP contribution in [0.3, 0.4) is 0 Å². The minimum Gasteiger partial charge on any atom is -0.466 e. The molecule has 0 aliphatic carbocycles. The van der Waals surface area contributed by atoms with Crippen LogP contribution >= 0.6 is 0 Å². The summed E-state index contributed by atoms with van der Waals surface area (Å²) in [6.45, 7) is 4.83. The highest BCUT2D eigenvalue weighted by atomic mass is 16.5. The summed E-state index contributed by atoms with van der Waals surface area (Å²) < 4.78 is 5.31. The molecule has 0 spiro atoms. The summed E-state index contributed by atoms with van der Waals surface area (Å²) in [7, 11) is 0. The van der Waals surface area contributed by atoms with E-state index in [0.29, 0.717) is 6.61 Å². The Hall–Kier alpha value is -2.13. The van der Waals surface area contributed by atoms with Crippen LogP contribution in [0.1, 0.15) is 24.0 Å². The molecule has 0 aromatic heterocycles. The van der Waals surface area contributed by atoms with E-state index in [1.165, 1.54) is 11.1 Å². The van der Waals surface area contributed by atoms with Gasteiger partial charge in [0, 0.05) is 25.6 Å². The molecular weight excluding hydrogens is 286 g/mol. The Bertz CT molecular complexity index is 627. The predicted molar refractivity (Wildman–Crippen MR) is 91.0 cm³/mol. The molecule has 1 fully saturated rings. The van der Waals surface area contributed by atoms with E-state index in [0.717, 1.165) is 19.6 Å². The third-order valence-corrected chi connectivity index (χ3v) is 4.46. The lowest BCUT2D eigenvalue weighted by Crippen LogP contribution is -2.25. The van der Waals surface area contributed by atoms with Crippen molar-refractivity contribution in [3.63, 3.8) is 0 Å². The van der Waals surface area contributed by atoms with Crippen molar-refractivity contribution in [3.8, 4) is 0 Å². The van der Waals surface area contributed by atoms with Gasteiger partial charge in [0.15, 0.2) is 0 Å². The van der Waals surface area contributed by atoms with Crippen LogP contribution in [0.15, 0.2) is 60.7 Å². The summed E-state index contributed by atoms with van der Waals surface area (Å²) in [5, 5.41) is 0. The summed E-state index contributed by atoms with van der Waals surface area (Å²) in [4.78, 5) is 14.7. The highest BCUT2D eigenvalue weighted by molar-refractivity contribution is 5.74. The van der Waals surface area contributed by atoms with Gasteiger partial charge in [-0.1, -0.05) is 60.7 Å². The number of esters is 1. The van der Waals surface area contributed by atoms with Gasteiger partial charge in [0.1, 0.15) is 0 Å². The summed E-state index contributed by atoms with van der Waals surface area (Å²) in [5.41, 5.74) is 2.50. The first-order valence-electron chi connectivity index (χ1n) is 8.25. The van der Waals surface area contributed by atoms with Gasteiger partial charge in [-0.15, -0.1) is 0 Å². The van der Waals surface area contributed by atoms with Gasteiger partial charge in [-0.25, -0.2) is 0 Å². The normalized spacial score (nSPS) is 21.3. The van der Waals surface area contributed by atoms with Gasteiger partial charge >= 0.3 is 5.97 Å². The molecule has 0 bridgehead atoms. The average molecular weight is 309 g/mol. The fourth-order valence-corrected chi connectivity index (χ4v) is 3.38. The van der Waals surface area contributed by atoms with E-state index in [2.05, 4.69) is 41.3 Å². The van der Waals surface area contributed by atoms with Gasteiger partial charge in [0.05, 0.1) is 12.5 Å². The van der Waals surface area contributed by atoms with Gasteiger partial charge in [0.2, 0.25) is 0 Å². The molecule has 3 rings (SSSR count). The van der Waals surface area contributed by atoms with Crippen LogP contribution in [-0.4, -0.2) is 30.6 Å². The first-order chi connectivity index (χ1) is 11.3. The fraction of sp³-hybridized carbons (Fsp3) is 0.350. The van der Waals surface area contributed by atoms with E-state index >= 15 is 0 Å². The van der Waals surface area contributed by atoms with E-state index < -0.39 is 0 Å². The third-order valence-electron chi connectivity index (χ3n) is 4.46. The maximum atomic E-state index is 12.4. The molecule has 2 aromatic rings. The lowest BCUT2D eigenvalue weighted by Gasteiger charge is -2.17. The topological polar surface area (TPSA) is 29.5 Å². The number of ether oxygens (including phenoxy) is 1. The van der Waals surface area contributed by atoms with Crippen LogP contribution in [0.25, 0.3) is 0 Å². The monoisotopic (exact) mass is 309 g/mol. The van der Waals surface area contributed by atoms with Gasteiger partial charge < -0.3 is 4.74 Å². The highest BCUT2D eigenvalue weighted by Crippen LogP contribution is 2.34. The molecule has 3 heteroatoms. The molecule has 0 saturated carbocycles. The van der Waals surface area contributed by atoms with Crippen LogP contribution in [0.5, 0.6) is 0 Å². The first kappa shape index (κ1) is 15.8. The minimum atomic E-state index is -0.0823. The molecule has 2 atom stereocenters. The molecule has 0 amide bonds. The Morgan fingerprint density at radius 3 is 2.35 bits per heavy atom. The van der Waals surface area contributed by atoms with Crippen LogP contribution in [0.4, 0.5) is 0 Å². The van der Waals surface area contributed by atoms with E-state index in [1.54, 1.807) is 0 Å². The Labute approximate surface area is 137 Å². The van der Waals surface area contributed by atoms with E-state index in [1.807, 2.05) is 31.2 Å². The highest BCUT2D eigenvalue weighted by Gasteiger charge is 2.39. The van der Waals surface area contributed by atoms with E-state index in [4.69, 9.17) is 4.74 Å². The van der Waals surface area contributed by atoms with Crippen LogP contribution in [0, 0.1) is 5.92 Å². The Balaban J connectivity index is 1.77. The number of carbonyl (C=O) groups is 1. The second-order valence-electron chi connectivity index (χ2n) is 6.06. The van der Waals surface area contributed by atoms with Crippen molar-refractivity contribution < 1.29 is 9.53 Å². The molecule has 1 aliphatic heterocycles. The summed E-state index contributed by atoms with van der Waals surface area (Å²) in [6.07, 6.45) is 0. The van der Waals surface area contributed by atoms with Gasteiger partial charge in [-0.2, -0.15) is 0 Å². The molecule has 1 aliphatic rings. The summed E-state index contributed by atoms with van der Waals surface area (Å²) in [6, 6.07) is 20.7. The van der Waals surface area contributed by atoms with Crippen molar-refractivity contribution in [3.05, 3.63) is 71.8 Å². The first-order valence-corrected chi connectivity index (χ1v) is 8.25. The van der Waals surface area contributed by atoms with Gasteiger partial charge in [-0.3, -0.25) is 9.69 Å². The molecule has 23 heavy (non-hydrogen) atoms. The second kappa shape index (κ2) is 7.42. The quantitative estimate of drug-likeness (QED) is 0.792. The van der Waals surface area contributed by atoms with Gasteiger partial charge in [0.25, 0.3) is 0 Å². The van der Waals surface area contributed by atoms with Crippen molar-refractivity contribution in [1.29, 1.82) is 0 Å². The average Bonchev–Trinajstić information content (AvgIpc) is 3.01. The Morgan fingerprint density at radius 2 is 1.70 bits per heavy atom. The molecule has 3 nitrogen and oxygen atoms in total. The summed E-state index contributed by atoms with van der Waals surface area (Å²) in [5.74, 6) is 0.0527. The molecule has 1 heterocycles.